The van der Waals surface area contributed by atoms with Crippen molar-refractivity contribution in [2.45, 2.75) is 20.8 Å². The van der Waals surface area contributed by atoms with Crippen LogP contribution in [0.25, 0.3) is 5.69 Å². The Morgan fingerprint density at radius 2 is 1.76 bits per heavy atom. The van der Waals surface area contributed by atoms with Gasteiger partial charge in [0.25, 0.3) is 5.56 Å². The molecule has 0 bridgehead atoms. The van der Waals surface area contributed by atoms with Gasteiger partial charge in [0.1, 0.15) is 0 Å². The molecule has 0 aliphatic heterocycles. The van der Waals surface area contributed by atoms with Gasteiger partial charge in [-0.05, 0) is 32.4 Å². The molecule has 88 valence electrons. The van der Waals surface area contributed by atoms with Crippen LogP contribution in [-0.2, 0) is 0 Å². The monoisotopic (exact) mass is 230 g/mol. The van der Waals surface area contributed by atoms with Crippen molar-refractivity contribution < 1.29 is 0 Å². The standard InChI is InChI=1S/C13H14N2O2/c1-8-4-5-11(9(2)6-8)15-12(16)7-10(3)14-13(15)17/h4-7H,1-3H3,(H,14,17). The average molecular weight is 230 g/mol. The van der Waals surface area contributed by atoms with Gasteiger partial charge in [0, 0.05) is 11.8 Å². The zero-order valence-corrected chi connectivity index (χ0v) is 10.1. The number of rotatable bonds is 1. The number of aromatic amines is 1. The fourth-order valence-electron chi connectivity index (χ4n) is 1.89. The lowest BCUT2D eigenvalue weighted by molar-refractivity contribution is 0.852. The maximum Gasteiger partial charge on any atom is 0.333 e. The van der Waals surface area contributed by atoms with Crippen LogP contribution in [0.3, 0.4) is 0 Å². The van der Waals surface area contributed by atoms with Gasteiger partial charge in [-0.1, -0.05) is 17.7 Å². The lowest BCUT2D eigenvalue weighted by atomic mass is 10.1. The second-order valence-corrected chi connectivity index (χ2v) is 4.22. The Balaban J connectivity index is 2.78. The summed E-state index contributed by atoms with van der Waals surface area (Å²) in [7, 11) is 0. The molecule has 17 heavy (non-hydrogen) atoms. The van der Waals surface area contributed by atoms with E-state index in [2.05, 4.69) is 4.98 Å². The molecule has 0 saturated carbocycles. The van der Waals surface area contributed by atoms with Gasteiger partial charge >= 0.3 is 5.69 Å². The van der Waals surface area contributed by atoms with Crippen molar-refractivity contribution >= 4 is 0 Å². The van der Waals surface area contributed by atoms with E-state index in [1.165, 1.54) is 6.07 Å². The maximum atomic E-state index is 11.8. The number of aryl methyl sites for hydroxylation is 3. The van der Waals surface area contributed by atoms with Crippen molar-refractivity contribution in [3.05, 3.63) is 61.9 Å². The molecule has 0 unspecified atom stereocenters. The van der Waals surface area contributed by atoms with Crippen LogP contribution in [0.5, 0.6) is 0 Å². The largest absolute Gasteiger partial charge is 0.333 e. The summed E-state index contributed by atoms with van der Waals surface area (Å²) < 4.78 is 1.15. The van der Waals surface area contributed by atoms with Crippen LogP contribution in [0.15, 0.2) is 33.9 Å². The predicted molar refractivity (Wildman–Crippen MR) is 66.9 cm³/mol. The number of hydrogen-bond acceptors (Lipinski definition) is 2. The Morgan fingerprint density at radius 1 is 1.06 bits per heavy atom. The summed E-state index contributed by atoms with van der Waals surface area (Å²) in [6.07, 6.45) is 0. The van der Waals surface area contributed by atoms with E-state index in [1.54, 1.807) is 13.0 Å². The van der Waals surface area contributed by atoms with Crippen LogP contribution >= 0.6 is 0 Å². The van der Waals surface area contributed by atoms with Crippen molar-refractivity contribution in [1.82, 2.24) is 9.55 Å². The van der Waals surface area contributed by atoms with Gasteiger partial charge in [-0.15, -0.1) is 0 Å². The SMILES string of the molecule is Cc1ccc(-n2c(=O)cc(C)[nH]c2=O)c(C)c1. The van der Waals surface area contributed by atoms with E-state index in [1.807, 2.05) is 26.0 Å². The predicted octanol–water partition coefficient (Wildman–Crippen LogP) is 1.45. The van der Waals surface area contributed by atoms with Gasteiger partial charge in [-0.25, -0.2) is 9.36 Å². The molecule has 4 nitrogen and oxygen atoms in total. The van der Waals surface area contributed by atoms with Crippen molar-refractivity contribution in [3.8, 4) is 5.69 Å². The number of aromatic nitrogens is 2. The number of nitrogens with zero attached hydrogens (tertiary/aromatic N) is 1. The van der Waals surface area contributed by atoms with Crippen molar-refractivity contribution in [3.63, 3.8) is 0 Å². The Labute approximate surface area is 98.6 Å². The highest BCUT2D eigenvalue weighted by atomic mass is 16.2. The highest BCUT2D eigenvalue weighted by molar-refractivity contribution is 5.42. The van der Waals surface area contributed by atoms with E-state index in [-0.39, 0.29) is 5.56 Å². The van der Waals surface area contributed by atoms with E-state index < -0.39 is 5.69 Å². The first kappa shape index (κ1) is 11.4. The molecule has 0 saturated heterocycles. The summed E-state index contributed by atoms with van der Waals surface area (Å²) in [5.74, 6) is 0. The Morgan fingerprint density at radius 3 is 2.35 bits per heavy atom. The van der Waals surface area contributed by atoms with E-state index in [9.17, 15) is 9.59 Å². The molecule has 0 atom stereocenters. The first-order chi connectivity index (χ1) is 7.99. The number of H-pyrrole nitrogens is 1. The highest BCUT2D eigenvalue weighted by Gasteiger charge is 2.07. The molecule has 1 N–H and O–H groups in total. The molecule has 2 rings (SSSR count). The fraction of sp³-hybridized carbons (Fsp3) is 0.231. The smallest absolute Gasteiger partial charge is 0.311 e. The average Bonchev–Trinajstić information content (AvgIpc) is 2.19. The summed E-state index contributed by atoms with van der Waals surface area (Å²) in [6.45, 7) is 5.54. The van der Waals surface area contributed by atoms with Gasteiger partial charge < -0.3 is 4.98 Å². The Hall–Kier alpha value is -2.10. The van der Waals surface area contributed by atoms with Crippen molar-refractivity contribution in [1.29, 1.82) is 0 Å². The molecule has 0 fully saturated rings. The summed E-state index contributed by atoms with van der Waals surface area (Å²) >= 11 is 0. The first-order valence-corrected chi connectivity index (χ1v) is 5.39. The molecule has 0 aliphatic rings. The third-order valence-corrected chi connectivity index (χ3v) is 2.66. The van der Waals surface area contributed by atoms with Crippen LogP contribution in [0.1, 0.15) is 16.8 Å². The van der Waals surface area contributed by atoms with Crippen LogP contribution in [0.2, 0.25) is 0 Å². The van der Waals surface area contributed by atoms with Crippen LogP contribution in [0, 0.1) is 20.8 Å². The quantitative estimate of drug-likeness (QED) is 0.806. The third kappa shape index (κ3) is 2.06. The van der Waals surface area contributed by atoms with Gasteiger partial charge in [-0.2, -0.15) is 0 Å². The summed E-state index contributed by atoms with van der Waals surface area (Å²) in [4.78, 5) is 26.3. The van der Waals surface area contributed by atoms with Crippen LogP contribution < -0.4 is 11.2 Å². The minimum atomic E-state index is -0.401. The van der Waals surface area contributed by atoms with E-state index >= 15 is 0 Å². The Bertz CT molecular complexity index is 649. The number of nitrogens with one attached hydrogen (secondary N) is 1. The van der Waals surface area contributed by atoms with Crippen molar-refractivity contribution in [2.75, 3.05) is 0 Å². The lowest BCUT2D eigenvalue weighted by Gasteiger charge is -2.08. The summed E-state index contributed by atoms with van der Waals surface area (Å²) in [5.41, 5.74) is 2.49. The molecule has 1 heterocycles. The molecule has 0 aliphatic carbocycles. The van der Waals surface area contributed by atoms with Gasteiger partial charge in [0.2, 0.25) is 0 Å². The van der Waals surface area contributed by atoms with Gasteiger partial charge in [0.05, 0.1) is 5.69 Å². The fourth-order valence-corrected chi connectivity index (χ4v) is 1.89. The second kappa shape index (κ2) is 4.05. The molecule has 4 heteroatoms. The zero-order chi connectivity index (χ0) is 12.6. The molecule has 1 aromatic carbocycles. The van der Waals surface area contributed by atoms with Crippen LogP contribution in [0.4, 0.5) is 0 Å². The summed E-state index contributed by atoms with van der Waals surface area (Å²) in [6, 6.07) is 7.03. The molecule has 0 spiro atoms. The first-order valence-electron chi connectivity index (χ1n) is 5.39. The van der Waals surface area contributed by atoms with Crippen LogP contribution in [-0.4, -0.2) is 9.55 Å². The molecule has 2 aromatic rings. The molecule has 0 radical (unpaired) electrons. The van der Waals surface area contributed by atoms with E-state index in [4.69, 9.17) is 0 Å². The van der Waals surface area contributed by atoms with E-state index in [0.29, 0.717) is 11.4 Å². The summed E-state index contributed by atoms with van der Waals surface area (Å²) in [5, 5.41) is 0. The minimum Gasteiger partial charge on any atom is -0.311 e. The normalized spacial score (nSPS) is 10.5. The minimum absolute atomic E-state index is 0.307. The second-order valence-electron chi connectivity index (χ2n) is 4.22. The maximum absolute atomic E-state index is 11.8. The van der Waals surface area contributed by atoms with E-state index in [0.717, 1.165) is 15.7 Å². The number of benzene rings is 1. The zero-order valence-electron chi connectivity index (χ0n) is 10.1. The van der Waals surface area contributed by atoms with Gasteiger partial charge in [-0.3, -0.25) is 4.79 Å². The molecule has 1 aromatic heterocycles. The molecular formula is C13H14N2O2. The molecular weight excluding hydrogens is 216 g/mol. The van der Waals surface area contributed by atoms with Gasteiger partial charge in [0.15, 0.2) is 0 Å². The number of hydrogen-bond donors (Lipinski definition) is 1. The third-order valence-electron chi connectivity index (χ3n) is 2.66. The Kier molecular flexibility index (Phi) is 2.71. The van der Waals surface area contributed by atoms with Crippen molar-refractivity contribution in [2.24, 2.45) is 0 Å². The molecule has 0 amide bonds. The lowest BCUT2D eigenvalue weighted by Crippen LogP contribution is -2.34. The topological polar surface area (TPSA) is 54.9 Å². The highest BCUT2D eigenvalue weighted by Crippen LogP contribution is 2.12.